The lowest BCUT2D eigenvalue weighted by molar-refractivity contribution is -0.0790. The number of nitrogens with zero attached hydrogens (tertiary/aromatic N) is 1. The molecule has 0 aliphatic rings. The molecule has 3 nitrogen and oxygen atoms in total. The van der Waals surface area contributed by atoms with Gasteiger partial charge in [-0.25, -0.2) is 0 Å². The number of rotatable bonds is 3. The van der Waals surface area contributed by atoms with Crippen LogP contribution in [0.3, 0.4) is 0 Å². The minimum atomic E-state index is -4.37. The summed E-state index contributed by atoms with van der Waals surface area (Å²) in [5.74, 6) is -0.321. The number of amides is 1. The minimum Gasteiger partial charge on any atom is -0.321 e. The first-order chi connectivity index (χ1) is 12.3. The van der Waals surface area contributed by atoms with Crippen LogP contribution in [0.15, 0.2) is 60.9 Å². The molecule has 132 valence electrons. The summed E-state index contributed by atoms with van der Waals surface area (Å²) in [7, 11) is 0. The van der Waals surface area contributed by atoms with Gasteiger partial charge in [0.15, 0.2) is 0 Å². The van der Waals surface area contributed by atoms with Gasteiger partial charge < -0.3 is 5.32 Å². The van der Waals surface area contributed by atoms with E-state index in [1.54, 1.807) is 31.5 Å². The van der Waals surface area contributed by atoms with Crippen molar-refractivity contribution in [2.75, 3.05) is 5.32 Å². The highest BCUT2D eigenvalue weighted by molar-refractivity contribution is 6.09. The normalized spacial score (nSPS) is 11.8. The lowest BCUT2D eigenvalue weighted by Crippen LogP contribution is -2.13. The number of nitrogens with one attached hydrogen (secondary N) is 1. The van der Waals surface area contributed by atoms with E-state index in [1.165, 1.54) is 12.1 Å². The molecule has 26 heavy (non-hydrogen) atoms. The van der Waals surface area contributed by atoms with Crippen LogP contribution in [0.4, 0.5) is 18.9 Å². The SMILES string of the molecule is Cc1cc(C=CC(F)(F)F)ccc1C(=O)Nc1cccc2cnccc12. The first-order valence-electron chi connectivity index (χ1n) is 7.84. The fourth-order valence-corrected chi connectivity index (χ4v) is 2.66. The molecule has 1 heterocycles. The Morgan fingerprint density at radius 3 is 2.69 bits per heavy atom. The van der Waals surface area contributed by atoms with E-state index in [4.69, 9.17) is 0 Å². The Morgan fingerprint density at radius 2 is 1.96 bits per heavy atom. The van der Waals surface area contributed by atoms with E-state index in [0.29, 0.717) is 22.4 Å². The summed E-state index contributed by atoms with van der Waals surface area (Å²) < 4.78 is 36.8. The maximum Gasteiger partial charge on any atom is 0.409 e. The van der Waals surface area contributed by atoms with Gasteiger partial charge in [0.05, 0.1) is 0 Å². The highest BCUT2D eigenvalue weighted by atomic mass is 19.4. The molecule has 3 rings (SSSR count). The zero-order valence-corrected chi connectivity index (χ0v) is 13.8. The van der Waals surface area contributed by atoms with Crippen molar-refractivity contribution in [2.45, 2.75) is 13.1 Å². The lowest BCUT2D eigenvalue weighted by Gasteiger charge is -2.11. The van der Waals surface area contributed by atoms with Gasteiger partial charge >= 0.3 is 6.18 Å². The first-order valence-corrected chi connectivity index (χ1v) is 7.84. The predicted molar refractivity (Wildman–Crippen MR) is 96.0 cm³/mol. The fraction of sp³-hybridized carbons (Fsp3) is 0.100. The summed E-state index contributed by atoms with van der Waals surface area (Å²) in [5, 5.41) is 4.61. The van der Waals surface area contributed by atoms with Gasteiger partial charge in [-0.3, -0.25) is 9.78 Å². The highest BCUT2D eigenvalue weighted by Gasteiger charge is 2.21. The van der Waals surface area contributed by atoms with Crippen molar-refractivity contribution in [3.8, 4) is 0 Å². The number of pyridine rings is 1. The molecule has 3 aromatic rings. The molecule has 0 saturated carbocycles. The molecule has 1 N–H and O–H groups in total. The number of aryl methyl sites for hydroxylation is 1. The molecule has 0 fully saturated rings. The number of anilines is 1. The Kier molecular flexibility index (Phi) is 4.75. The number of aromatic nitrogens is 1. The second-order valence-electron chi connectivity index (χ2n) is 5.81. The number of carbonyl (C=O) groups is 1. The molecule has 6 heteroatoms. The van der Waals surface area contributed by atoms with Crippen LogP contribution in [0.25, 0.3) is 16.8 Å². The van der Waals surface area contributed by atoms with Crippen LogP contribution in [-0.4, -0.2) is 17.1 Å². The lowest BCUT2D eigenvalue weighted by atomic mass is 10.0. The summed E-state index contributed by atoms with van der Waals surface area (Å²) in [5.41, 5.74) is 2.02. The molecular weight excluding hydrogens is 341 g/mol. The number of halogens is 3. The van der Waals surface area contributed by atoms with Crippen LogP contribution in [0.2, 0.25) is 0 Å². The number of alkyl halides is 3. The maximum atomic E-state index is 12.6. The minimum absolute atomic E-state index is 0.172. The average Bonchev–Trinajstić information content (AvgIpc) is 2.59. The van der Waals surface area contributed by atoms with Crippen LogP contribution < -0.4 is 5.32 Å². The van der Waals surface area contributed by atoms with Crippen molar-refractivity contribution in [3.63, 3.8) is 0 Å². The van der Waals surface area contributed by atoms with Gasteiger partial charge in [-0.1, -0.05) is 30.3 Å². The molecule has 0 bridgehead atoms. The van der Waals surface area contributed by atoms with E-state index in [0.717, 1.165) is 16.8 Å². The maximum absolute atomic E-state index is 12.6. The summed E-state index contributed by atoms with van der Waals surface area (Å²) in [6.45, 7) is 1.69. The van der Waals surface area contributed by atoms with Crippen molar-refractivity contribution in [2.24, 2.45) is 0 Å². The Balaban J connectivity index is 1.85. The van der Waals surface area contributed by atoms with E-state index < -0.39 is 6.18 Å². The first kappa shape index (κ1) is 17.7. The molecule has 0 atom stereocenters. The molecule has 0 radical (unpaired) electrons. The van der Waals surface area contributed by atoms with Crippen LogP contribution in [-0.2, 0) is 0 Å². The third-order valence-electron chi connectivity index (χ3n) is 3.89. The third-order valence-corrected chi connectivity index (χ3v) is 3.89. The molecule has 0 aliphatic heterocycles. The van der Waals surface area contributed by atoms with Crippen molar-refractivity contribution >= 4 is 28.4 Å². The Hall–Kier alpha value is -3.15. The number of carbonyl (C=O) groups excluding carboxylic acids is 1. The van der Waals surface area contributed by atoms with Gasteiger partial charge in [-0.05, 0) is 36.2 Å². The third kappa shape index (κ3) is 4.08. The topological polar surface area (TPSA) is 42.0 Å². The predicted octanol–water partition coefficient (Wildman–Crippen LogP) is 5.37. The largest absolute Gasteiger partial charge is 0.409 e. The summed E-state index contributed by atoms with van der Waals surface area (Å²) >= 11 is 0. The quantitative estimate of drug-likeness (QED) is 0.685. The van der Waals surface area contributed by atoms with E-state index in [-0.39, 0.29) is 12.0 Å². The van der Waals surface area contributed by atoms with Gasteiger partial charge in [0.2, 0.25) is 0 Å². The van der Waals surface area contributed by atoms with Crippen LogP contribution >= 0.6 is 0 Å². The molecule has 1 amide bonds. The average molecular weight is 356 g/mol. The van der Waals surface area contributed by atoms with Crippen LogP contribution in [0, 0.1) is 6.92 Å². The van der Waals surface area contributed by atoms with E-state index >= 15 is 0 Å². The summed E-state index contributed by atoms with van der Waals surface area (Å²) in [6, 6.07) is 11.9. The van der Waals surface area contributed by atoms with Crippen LogP contribution in [0.1, 0.15) is 21.5 Å². The zero-order chi connectivity index (χ0) is 18.7. The van der Waals surface area contributed by atoms with Crippen molar-refractivity contribution in [1.29, 1.82) is 0 Å². The number of fused-ring (bicyclic) bond motifs is 1. The summed E-state index contributed by atoms with van der Waals surface area (Å²) in [4.78, 5) is 16.6. The van der Waals surface area contributed by atoms with Gasteiger partial charge in [0, 0.05) is 40.5 Å². The van der Waals surface area contributed by atoms with Gasteiger partial charge in [-0.2, -0.15) is 13.2 Å². The van der Waals surface area contributed by atoms with Gasteiger partial charge in [0.25, 0.3) is 5.91 Å². The molecule has 0 spiro atoms. The van der Waals surface area contributed by atoms with Crippen molar-refractivity contribution in [1.82, 2.24) is 4.98 Å². The standard InChI is InChI=1S/C20H15F3N2O/c1-13-11-14(7-9-20(21,22)23)5-6-16(13)19(26)25-18-4-2-3-15-12-24-10-8-17(15)18/h2-12H,1H3,(H,25,26). The smallest absolute Gasteiger partial charge is 0.321 e. The zero-order valence-electron chi connectivity index (χ0n) is 13.8. The Bertz CT molecular complexity index is 989. The highest BCUT2D eigenvalue weighted by Crippen LogP contribution is 2.24. The van der Waals surface area contributed by atoms with Crippen molar-refractivity contribution < 1.29 is 18.0 Å². The number of hydrogen-bond donors (Lipinski definition) is 1. The molecule has 0 unspecified atom stereocenters. The van der Waals surface area contributed by atoms with Crippen molar-refractivity contribution in [3.05, 3.63) is 77.6 Å². The Labute approximate surface area is 148 Å². The van der Waals surface area contributed by atoms with Gasteiger partial charge in [-0.15, -0.1) is 0 Å². The molecule has 0 aliphatic carbocycles. The molecule has 1 aromatic heterocycles. The second-order valence-corrected chi connectivity index (χ2v) is 5.81. The number of benzene rings is 2. The fourth-order valence-electron chi connectivity index (χ4n) is 2.66. The molecular formula is C20H15F3N2O. The number of hydrogen-bond acceptors (Lipinski definition) is 2. The van der Waals surface area contributed by atoms with E-state index in [2.05, 4.69) is 10.3 Å². The van der Waals surface area contributed by atoms with Crippen LogP contribution in [0.5, 0.6) is 0 Å². The van der Waals surface area contributed by atoms with E-state index in [1.807, 2.05) is 18.2 Å². The molecule has 0 saturated heterocycles. The number of allylic oxidation sites excluding steroid dienone is 1. The second kappa shape index (κ2) is 7.00. The van der Waals surface area contributed by atoms with E-state index in [9.17, 15) is 18.0 Å². The molecule has 2 aromatic carbocycles. The monoisotopic (exact) mass is 356 g/mol. The summed E-state index contributed by atoms with van der Waals surface area (Å²) in [6.07, 6.45) is 0.133. The Morgan fingerprint density at radius 1 is 1.15 bits per heavy atom. The van der Waals surface area contributed by atoms with Gasteiger partial charge in [0.1, 0.15) is 0 Å².